The van der Waals surface area contributed by atoms with Gasteiger partial charge in [-0.15, -0.1) is 0 Å². The van der Waals surface area contributed by atoms with Gasteiger partial charge in [0.05, 0.1) is 16.4 Å². The van der Waals surface area contributed by atoms with Crippen molar-refractivity contribution in [3.05, 3.63) is 45.9 Å². The molecule has 0 radical (unpaired) electrons. The van der Waals surface area contributed by atoms with Crippen molar-refractivity contribution >= 4 is 27.5 Å². The van der Waals surface area contributed by atoms with Gasteiger partial charge in [0.2, 0.25) is 0 Å². The molecule has 0 saturated carbocycles. The lowest BCUT2D eigenvalue weighted by Crippen LogP contribution is -2.19. The fraction of sp³-hybridized carbons (Fsp3) is 0.231. The number of benzene rings is 1. The average Bonchev–Trinajstić information content (AvgIpc) is 2.86. The van der Waals surface area contributed by atoms with E-state index in [4.69, 9.17) is 10.9 Å². The van der Waals surface area contributed by atoms with Crippen molar-refractivity contribution in [3.63, 3.8) is 0 Å². The van der Waals surface area contributed by atoms with Gasteiger partial charge in [-0.3, -0.25) is 4.68 Å². The SMILES string of the molecule is CN(Cc1cnn(C)c1)c1ccc(/C(N)=N/O)c(Br)c1F. The van der Waals surface area contributed by atoms with Crippen LogP contribution in [0.4, 0.5) is 10.1 Å². The van der Waals surface area contributed by atoms with E-state index in [9.17, 15) is 4.39 Å². The van der Waals surface area contributed by atoms with Crippen LogP contribution < -0.4 is 10.6 Å². The number of amidine groups is 1. The molecule has 6 nitrogen and oxygen atoms in total. The summed E-state index contributed by atoms with van der Waals surface area (Å²) in [7, 11) is 3.60. The summed E-state index contributed by atoms with van der Waals surface area (Å²) in [6, 6.07) is 3.18. The van der Waals surface area contributed by atoms with E-state index in [1.54, 1.807) is 35.0 Å². The van der Waals surface area contributed by atoms with E-state index >= 15 is 0 Å². The normalized spacial score (nSPS) is 11.7. The van der Waals surface area contributed by atoms with E-state index in [1.165, 1.54) is 0 Å². The van der Waals surface area contributed by atoms with Gasteiger partial charge in [-0.25, -0.2) is 4.39 Å². The number of aryl methyl sites for hydroxylation is 1. The van der Waals surface area contributed by atoms with Crippen LogP contribution in [0.3, 0.4) is 0 Å². The monoisotopic (exact) mass is 355 g/mol. The highest BCUT2D eigenvalue weighted by Gasteiger charge is 2.17. The Morgan fingerprint density at radius 3 is 2.86 bits per heavy atom. The molecule has 0 aliphatic carbocycles. The van der Waals surface area contributed by atoms with E-state index < -0.39 is 5.82 Å². The highest BCUT2D eigenvalue weighted by molar-refractivity contribution is 9.10. The van der Waals surface area contributed by atoms with E-state index in [0.29, 0.717) is 17.8 Å². The van der Waals surface area contributed by atoms with Gasteiger partial charge in [0.15, 0.2) is 11.7 Å². The van der Waals surface area contributed by atoms with Gasteiger partial charge in [0.25, 0.3) is 0 Å². The maximum Gasteiger partial charge on any atom is 0.171 e. The third-order valence-electron chi connectivity index (χ3n) is 3.03. The minimum absolute atomic E-state index is 0.151. The van der Waals surface area contributed by atoms with Crippen molar-refractivity contribution in [3.8, 4) is 0 Å². The fourth-order valence-corrected chi connectivity index (χ4v) is 2.54. The Hall–Kier alpha value is -2.09. The third-order valence-corrected chi connectivity index (χ3v) is 3.81. The molecular weight excluding hydrogens is 341 g/mol. The minimum atomic E-state index is -0.467. The highest BCUT2D eigenvalue weighted by Crippen LogP contribution is 2.29. The van der Waals surface area contributed by atoms with Crippen molar-refractivity contribution in [2.24, 2.45) is 17.9 Å². The first-order valence-electron chi connectivity index (χ1n) is 6.08. The molecule has 0 spiro atoms. The summed E-state index contributed by atoms with van der Waals surface area (Å²) in [5, 5.41) is 15.6. The number of hydrogen-bond donors (Lipinski definition) is 2. The first-order valence-corrected chi connectivity index (χ1v) is 6.88. The zero-order chi connectivity index (χ0) is 15.6. The van der Waals surface area contributed by atoms with Crippen LogP contribution in [0.5, 0.6) is 0 Å². The number of anilines is 1. The summed E-state index contributed by atoms with van der Waals surface area (Å²) in [6.07, 6.45) is 3.60. The number of hydrogen-bond acceptors (Lipinski definition) is 4. The van der Waals surface area contributed by atoms with Crippen LogP contribution in [0.25, 0.3) is 0 Å². The largest absolute Gasteiger partial charge is 0.409 e. The smallest absolute Gasteiger partial charge is 0.171 e. The molecule has 0 unspecified atom stereocenters. The molecule has 1 heterocycles. The van der Waals surface area contributed by atoms with Crippen LogP contribution in [0.15, 0.2) is 34.2 Å². The molecule has 0 atom stereocenters. The molecule has 0 amide bonds. The molecule has 3 N–H and O–H groups in total. The number of rotatable bonds is 4. The lowest BCUT2D eigenvalue weighted by Gasteiger charge is -2.20. The van der Waals surface area contributed by atoms with Gasteiger partial charge in [0.1, 0.15) is 0 Å². The molecule has 1 aromatic carbocycles. The van der Waals surface area contributed by atoms with Gasteiger partial charge >= 0.3 is 0 Å². The lowest BCUT2D eigenvalue weighted by molar-refractivity contribution is 0.318. The van der Waals surface area contributed by atoms with Gasteiger partial charge in [-0.05, 0) is 28.1 Å². The van der Waals surface area contributed by atoms with Crippen molar-refractivity contribution in [1.29, 1.82) is 0 Å². The predicted octanol–water partition coefficient (Wildman–Crippen LogP) is 2.05. The highest BCUT2D eigenvalue weighted by atomic mass is 79.9. The Morgan fingerprint density at radius 2 is 2.29 bits per heavy atom. The van der Waals surface area contributed by atoms with Crippen molar-refractivity contribution < 1.29 is 9.60 Å². The summed E-state index contributed by atoms with van der Waals surface area (Å²) in [4.78, 5) is 1.76. The molecule has 2 rings (SSSR count). The summed E-state index contributed by atoms with van der Waals surface area (Å²) in [5.41, 5.74) is 7.17. The predicted molar refractivity (Wildman–Crippen MR) is 81.9 cm³/mol. The molecule has 0 fully saturated rings. The van der Waals surface area contributed by atoms with Crippen LogP contribution in [0.1, 0.15) is 11.1 Å². The summed E-state index contributed by atoms with van der Waals surface area (Å²) in [5.74, 6) is -0.618. The van der Waals surface area contributed by atoms with E-state index in [0.717, 1.165) is 5.56 Å². The van der Waals surface area contributed by atoms with Crippen LogP contribution >= 0.6 is 15.9 Å². The molecule has 8 heteroatoms. The van der Waals surface area contributed by atoms with E-state index in [2.05, 4.69) is 26.2 Å². The number of oxime groups is 1. The molecule has 0 aliphatic rings. The zero-order valence-corrected chi connectivity index (χ0v) is 13.2. The first-order chi connectivity index (χ1) is 9.93. The Labute approximate surface area is 129 Å². The molecule has 1 aromatic heterocycles. The van der Waals surface area contributed by atoms with Crippen LogP contribution in [0.2, 0.25) is 0 Å². The first kappa shape index (κ1) is 15.3. The van der Waals surface area contributed by atoms with Gasteiger partial charge in [0, 0.05) is 38.0 Å². The van der Waals surface area contributed by atoms with Gasteiger partial charge in [-0.1, -0.05) is 5.16 Å². The number of halogens is 2. The Balaban J connectivity index is 2.30. The lowest BCUT2D eigenvalue weighted by atomic mass is 10.1. The number of nitrogens with zero attached hydrogens (tertiary/aromatic N) is 4. The fourth-order valence-electron chi connectivity index (χ4n) is 2.00. The van der Waals surface area contributed by atoms with E-state index in [1.807, 2.05) is 13.2 Å². The Kier molecular flexibility index (Phi) is 4.46. The molecule has 2 aromatic rings. The Morgan fingerprint density at radius 1 is 1.57 bits per heavy atom. The number of aromatic nitrogens is 2. The molecule has 21 heavy (non-hydrogen) atoms. The maximum absolute atomic E-state index is 14.4. The molecule has 0 aliphatic heterocycles. The molecular formula is C13H15BrFN5O. The minimum Gasteiger partial charge on any atom is -0.409 e. The molecule has 112 valence electrons. The zero-order valence-electron chi connectivity index (χ0n) is 11.6. The van der Waals surface area contributed by atoms with Gasteiger partial charge < -0.3 is 15.8 Å². The van der Waals surface area contributed by atoms with Crippen LogP contribution in [-0.2, 0) is 13.6 Å². The number of nitrogens with two attached hydrogens (primary N) is 1. The standard InChI is InChI=1S/C13H15BrFN5O/c1-19(6-8-5-17-20(2)7-8)10-4-3-9(13(16)18-21)11(14)12(10)15/h3-5,7,21H,6H2,1-2H3,(H2,16,18). The van der Waals surface area contributed by atoms with Crippen LogP contribution in [-0.4, -0.2) is 27.9 Å². The summed E-state index contributed by atoms with van der Waals surface area (Å²) >= 11 is 3.14. The maximum atomic E-state index is 14.4. The van der Waals surface area contributed by atoms with Crippen molar-refractivity contribution in [2.75, 3.05) is 11.9 Å². The average molecular weight is 356 g/mol. The second-order valence-electron chi connectivity index (χ2n) is 4.62. The van der Waals surface area contributed by atoms with E-state index in [-0.39, 0.29) is 10.3 Å². The second kappa shape index (κ2) is 6.13. The van der Waals surface area contributed by atoms with Crippen molar-refractivity contribution in [1.82, 2.24) is 9.78 Å². The Bertz CT molecular complexity index is 685. The quantitative estimate of drug-likeness (QED) is 0.380. The second-order valence-corrected chi connectivity index (χ2v) is 5.42. The van der Waals surface area contributed by atoms with Crippen LogP contribution in [0, 0.1) is 5.82 Å². The molecule has 0 bridgehead atoms. The molecule has 0 saturated heterocycles. The third kappa shape index (κ3) is 3.15. The topological polar surface area (TPSA) is 79.7 Å². The van der Waals surface area contributed by atoms with Gasteiger partial charge in [-0.2, -0.15) is 5.10 Å². The summed E-state index contributed by atoms with van der Waals surface area (Å²) < 4.78 is 16.3. The van der Waals surface area contributed by atoms with Crippen molar-refractivity contribution in [2.45, 2.75) is 6.54 Å². The summed E-state index contributed by atoms with van der Waals surface area (Å²) in [6.45, 7) is 0.514.